The Kier molecular flexibility index (Phi) is 2.20. The van der Waals surface area contributed by atoms with E-state index in [9.17, 15) is 10.1 Å². The summed E-state index contributed by atoms with van der Waals surface area (Å²) >= 11 is 0. The van der Waals surface area contributed by atoms with Gasteiger partial charge in [-0.25, -0.2) is 0 Å². The maximum absolute atomic E-state index is 11.1. The molecular formula is C14H12N4O2. The molecule has 1 saturated heterocycles. The van der Waals surface area contributed by atoms with Crippen molar-refractivity contribution in [1.29, 1.82) is 0 Å². The van der Waals surface area contributed by atoms with Gasteiger partial charge in [-0.3, -0.25) is 15.1 Å². The average molecular weight is 268 g/mol. The summed E-state index contributed by atoms with van der Waals surface area (Å²) in [5.41, 5.74) is 1.19. The third-order valence-corrected chi connectivity index (χ3v) is 3.85. The molecule has 0 aliphatic carbocycles. The molecule has 0 aromatic heterocycles. The molecule has 6 heteroatoms. The van der Waals surface area contributed by atoms with Crippen molar-refractivity contribution < 1.29 is 4.92 Å². The number of allylic oxidation sites excluding steroid dienone is 2. The Bertz CT molecular complexity index is 678. The normalized spacial score (nSPS) is 23.2. The van der Waals surface area contributed by atoms with Gasteiger partial charge in [-0.1, -0.05) is 18.2 Å². The fourth-order valence-corrected chi connectivity index (χ4v) is 2.98. The van der Waals surface area contributed by atoms with E-state index in [1.807, 2.05) is 41.3 Å². The number of hydrogen-bond donors (Lipinski definition) is 0. The zero-order chi connectivity index (χ0) is 13.7. The smallest absolute Gasteiger partial charge is 0.311 e. The Labute approximate surface area is 115 Å². The van der Waals surface area contributed by atoms with Crippen LogP contribution in [0.4, 0.5) is 5.69 Å². The molecular weight excluding hydrogens is 256 g/mol. The summed E-state index contributed by atoms with van der Waals surface area (Å²) in [5.74, 6) is 1.47. The van der Waals surface area contributed by atoms with Crippen LogP contribution in [0.5, 0.6) is 0 Å². The molecule has 1 aromatic carbocycles. The minimum Gasteiger partial charge on any atom is -0.326 e. The van der Waals surface area contributed by atoms with Crippen LogP contribution < -0.4 is 4.90 Å². The number of aliphatic imine (C=N–C) groups is 1. The second-order valence-electron chi connectivity index (χ2n) is 4.97. The highest BCUT2D eigenvalue weighted by atomic mass is 16.6. The van der Waals surface area contributed by atoms with Gasteiger partial charge in [0.05, 0.1) is 17.5 Å². The number of anilines is 1. The third kappa shape index (κ3) is 1.41. The largest absolute Gasteiger partial charge is 0.326 e. The van der Waals surface area contributed by atoms with Crippen molar-refractivity contribution in [2.75, 3.05) is 18.0 Å². The number of para-hydroxylation sites is 1. The van der Waals surface area contributed by atoms with Gasteiger partial charge in [-0.15, -0.1) is 0 Å². The van der Waals surface area contributed by atoms with E-state index < -0.39 is 0 Å². The van der Waals surface area contributed by atoms with E-state index in [-0.39, 0.29) is 16.7 Å². The Morgan fingerprint density at radius 2 is 2.05 bits per heavy atom. The Morgan fingerprint density at radius 1 is 1.25 bits per heavy atom. The van der Waals surface area contributed by atoms with Crippen LogP contribution in [0.1, 0.15) is 0 Å². The Balaban J connectivity index is 1.79. The van der Waals surface area contributed by atoms with E-state index in [0.717, 1.165) is 18.1 Å². The minimum atomic E-state index is -0.361. The van der Waals surface area contributed by atoms with Gasteiger partial charge < -0.3 is 9.80 Å². The first-order valence-electron chi connectivity index (χ1n) is 6.49. The second-order valence-corrected chi connectivity index (χ2v) is 4.97. The lowest BCUT2D eigenvalue weighted by Gasteiger charge is -2.25. The number of rotatable bonds is 2. The molecule has 100 valence electrons. The number of benzene rings is 1. The van der Waals surface area contributed by atoms with E-state index in [2.05, 4.69) is 9.89 Å². The fourth-order valence-electron chi connectivity index (χ4n) is 2.98. The van der Waals surface area contributed by atoms with Crippen molar-refractivity contribution >= 4 is 11.5 Å². The van der Waals surface area contributed by atoms with Gasteiger partial charge in [0, 0.05) is 18.3 Å². The fraction of sp³-hybridized carbons (Fsp3) is 0.214. The van der Waals surface area contributed by atoms with E-state index in [0.29, 0.717) is 12.4 Å². The second kappa shape index (κ2) is 3.93. The van der Waals surface area contributed by atoms with Gasteiger partial charge in [-0.05, 0) is 18.2 Å². The predicted octanol–water partition coefficient (Wildman–Crippen LogP) is 1.60. The van der Waals surface area contributed by atoms with Crippen LogP contribution in [-0.2, 0) is 0 Å². The molecule has 0 saturated carbocycles. The molecule has 1 aromatic rings. The molecule has 3 aliphatic heterocycles. The molecule has 0 radical (unpaired) electrons. The van der Waals surface area contributed by atoms with E-state index >= 15 is 0 Å². The Hall–Kier alpha value is -2.63. The van der Waals surface area contributed by atoms with Gasteiger partial charge in [-0.2, -0.15) is 0 Å². The number of amidine groups is 1. The van der Waals surface area contributed by atoms with E-state index in [1.54, 1.807) is 6.08 Å². The molecule has 4 rings (SSSR count). The highest BCUT2D eigenvalue weighted by molar-refractivity contribution is 6.01. The van der Waals surface area contributed by atoms with Crippen LogP contribution in [0, 0.1) is 10.1 Å². The van der Waals surface area contributed by atoms with Crippen molar-refractivity contribution in [2.45, 2.75) is 6.04 Å². The first-order valence-corrected chi connectivity index (χ1v) is 6.49. The molecule has 1 unspecified atom stereocenters. The topological polar surface area (TPSA) is 62.0 Å². The molecule has 1 fully saturated rings. The minimum absolute atomic E-state index is 0.0890. The van der Waals surface area contributed by atoms with Gasteiger partial charge in [0.2, 0.25) is 5.84 Å². The first kappa shape index (κ1) is 11.2. The Morgan fingerprint density at radius 3 is 2.80 bits per heavy atom. The maximum Gasteiger partial charge on any atom is 0.311 e. The predicted molar refractivity (Wildman–Crippen MR) is 74.9 cm³/mol. The van der Waals surface area contributed by atoms with Crippen LogP contribution in [0.25, 0.3) is 0 Å². The van der Waals surface area contributed by atoms with Crippen LogP contribution in [0.15, 0.2) is 59.0 Å². The van der Waals surface area contributed by atoms with Crippen molar-refractivity contribution in [3.05, 3.63) is 64.1 Å². The molecule has 0 spiro atoms. The lowest BCUT2D eigenvalue weighted by molar-refractivity contribution is -0.416. The zero-order valence-electron chi connectivity index (χ0n) is 10.6. The molecule has 1 atom stereocenters. The molecule has 20 heavy (non-hydrogen) atoms. The maximum atomic E-state index is 11.1. The van der Waals surface area contributed by atoms with Gasteiger partial charge in [0.25, 0.3) is 0 Å². The average Bonchev–Trinajstić information content (AvgIpc) is 3.05. The van der Waals surface area contributed by atoms with Crippen LogP contribution in [0.2, 0.25) is 0 Å². The van der Waals surface area contributed by atoms with Crippen LogP contribution in [-0.4, -0.2) is 34.8 Å². The zero-order valence-corrected chi connectivity index (χ0v) is 10.6. The van der Waals surface area contributed by atoms with Crippen molar-refractivity contribution in [1.82, 2.24) is 4.90 Å². The van der Waals surface area contributed by atoms with Crippen LogP contribution >= 0.6 is 0 Å². The lowest BCUT2D eigenvalue weighted by atomic mass is 10.2. The van der Waals surface area contributed by atoms with E-state index in [1.165, 1.54) is 0 Å². The quantitative estimate of drug-likeness (QED) is 0.604. The molecule has 0 N–H and O–H groups in total. The SMILES string of the molecule is O=[N+]([O-])C1=CC=C2N(c3ccccc3)CC3CN=C1N23. The monoisotopic (exact) mass is 268 g/mol. The number of nitrogens with zero attached hydrogens (tertiary/aromatic N) is 4. The summed E-state index contributed by atoms with van der Waals surface area (Å²) in [5, 5.41) is 11.1. The molecule has 0 amide bonds. The molecule has 3 heterocycles. The van der Waals surface area contributed by atoms with Crippen molar-refractivity contribution in [2.24, 2.45) is 4.99 Å². The number of hydrogen-bond acceptors (Lipinski definition) is 5. The van der Waals surface area contributed by atoms with E-state index in [4.69, 9.17) is 0 Å². The summed E-state index contributed by atoms with van der Waals surface area (Å²) in [6.45, 7) is 1.42. The summed E-state index contributed by atoms with van der Waals surface area (Å²) in [4.78, 5) is 19.2. The summed E-state index contributed by atoms with van der Waals surface area (Å²) in [6, 6.07) is 10.3. The molecule has 0 bridgehead atoms. The van der Waals surface area contributed by atoms with Crippen LogP contribution in [0.3, 0.4) is 0 Å². The third-order valence-electron chi connectivity index (χ3n) is 3.85. The molecule has 3 aliphatic rings. The summed E-state index contributed by atoms with van der Waals surface area (Å²) < 4.78 is 0. The van der Waals surface area contributed by atoms with Crippen molar-refractivity contribution in [3.8, 4) is 0 Å². The van der Waals surface area contributed by atoms with Gasteiger partial charge in [0.15, 0.2) is 0 Å². The number of nitro groups is 1. The highest BCUT2D eigenvalue weighted by Gasteiger charge is 2.46. The summed E-state index contributed by atoms with van der Waals surface area (Å²) in [7, 11) is 0. The molecule has 6 nitrogen and oxygen atoms in total. The highest BCUT2D eigenvalue weighted by Crippen LogP contribution is 2.36. The van der Waals surface area contributed by atoms with Gasteiger partial charge >= 0.3 is 5.70 Å². The van der Waals surface area contributed by atoms with Gasteiger partial charge in [0.1, 0.15) is 5.82 Å². The summed E-state index contributed by atoms with van der Waals surface area (Å²) in [6.07, 6.45) is 3.36. The lowest BCUT2D eigenvalue weighted by Crippen LogP contribution is -2.35. The first-order chi connectivity index (χ1) is 9.75. The standard InChI is InChI=1S/C14H12N4O2/c19-18(20)12-6-7-13-16(10-4-2-1-3-5-10)9-11-8-15-14(12)17(11)13/h1-7,11H,8-9H2. The van der Waals surface area contributed by atoms with Crippen molar-refractivity contribution in [3.63, 3.8) is 0 Å².